The largest absolute Gasteiger partial charge is 0.389 e. The predicted octanol–water partition coefficient (Wildman–Crippen LogP) is 3.44. The van der Waals surface area contributed by atoms with Gasteiger partial charge in [-0.05, 0) is 40.5 Å². The first-order chi connectivity index (χ1) is 8.70. The van der Waals surface area contributed by atoms with Crippen molar-refractivity contribution in [3.05, 3.63) is 24.3 Å². The van der Waals surface area contributed by atoms with Crippen LogP contribution >= 0.6 is 0 Å². The maximum Gasteiger partial charge on any atom is 0.163 e. The summed E-state index contributed by atoms with van der Waals surface area (Å²) in [5.74, 6) is -0.604. The molecule has 0 aliphatic carbocycles. The molecule has 1 N–H and O–H groups in total. The Balaban J connectivity index is 2.67. The zero-order valence-electron chi connectivity index (χ0n) is 12.9. The molecule has 110 valence electrons. The van der Waals surface area contributed by atoms with Crippen molar-refractivity contribution in [2.75, 3.05) is 6.61 Å². The Bertz CT molecular complexity index is 342. The summed E-state index contributed by atoms with van der Waals surface area (Å²) >= 11 is 0. The fraction of sp³-hybridized carbons (Fsp3) is 0.750. The summed E-state index contributed by atoms with van der Waals surface area (Å²) in [5, 5.41) is 10.6. The highest BCUT2D eigenvalue weighted by molar-refractivity contribution is 5.03. The second-order valence-corrected chi connectivity index (χ2v) is 6.34. The Labute approximate surface area is 117 Å². The molecule has 3 nitrogen and oxygen atoms in total. The molecule has 0 unspecified atom stereocenters. The summed E-state index contributed by atoms with van der Waals surface area (Å²) in [6, 6.07) is 0. The SMILES string of the molecule is C=C[C@@](C)(CCC=C(C)C)[C@@H](O)[C@H]1COC(C)(C)O1. The molecule has 1 aliphatic rings. The summed E-state index contributed by atoms with van der Waals surface area (Å²) < 4.78 is 11.3. The Morgan fingerprint density at radius 1 is 1.53 bits per heavy atom. The molecule has 0 bridgehead atoms. The van der Waals surface area contributed by atoms with E-state index >= 15 is 0 Å². The lowest BCUT2D eigenvalue weighted by Gasteiger charge is -2.34. The minimum atomic E-state index is -0.604. The maximum absolute atomic E-state index is 10.6. The quantitative estimate of drug-likeness (QED) is 0.750. The number of rotatable bonds is 6. The Morgan fingerprint density at radius 3 is 2.58 bits per heavy atom. The van der Waals surface area contributed by atoms with Gasteiger partial charge >= 0.3 is 0 Å². The van der Waals surface area contributed by atoms with Crippen LogP contribution in [-0.4, -0.2) is 29.7 Å². The van der Waals surface area contributed by atoms with Crippen molar-refractivity contribution < 1.29 is 14.6 Å². The van der Waals surface area contributed by atoms with Crippen LogP contribution in [0.5, 0.6) is 0 Å². The smallest absolute Gasteiger partial charge is 0.163 e. The van der Waals surface area contributed by atoms with Crippen molar-refractivity contribution >= 4 is 0 Å². The molecular formula is C16H28O3. The lowest BCUT2D eigenvalue weighted by molar-refractivity contribution is -0.159. The fourth-order valence-corrected chi connectivity index (χ4v) is 2.34. The first kappa shape index (κ1) is 16.4. The van der Waals surface area contributed by atoms with Crippen LogP contribution in [-0.2, 0) is 9.47 Å². The number of hydrogen-bond donors (Lipinski definition) is 1. The van der Waals surface area contributed by atoms with Gasteiger partial charge in [-0.2, -0.15) is 0 Å². The molecule has 0 aromatic carbocycles. The summed E-state index contributed by atoms with van der Waals surface area (Å²) in [7, 11) is 0. The van der Waals surface area contributed by atoms with E-state index in [1.165, 1.54) is 5.57 Å². The van der Waals surface area contributed by atoms with Gasteiger partial charge in [0, 0.05) is 5.41 Å². The number of allylic oxidation sites excluding steroid dienone is 2. The molecule has 3 heteroatoms. The van der Waals surface area contributed by atoms with E-state index in [4.69, 9.17) is 9.47 Å². The minimum Gasteiger partial charge on any atom is -0.389 e. The minimum absolute atomic E-state index is 0.287. The van der Waals surface area contributed by atoms with Gasteiger partial charge in [0.2, 0.25) is 0 Å². The standard InChI is InChI=1S/C16H28O3/c1-7-16(6,10-8-9-12(2)3)14(17)13-11-18-15(4,5)19-13/h7,9,13-14,17H,1,8,10-11H2,2-6H3/t13-,14+,16+/m1/s1. The van der Waals surface area contributed by atoms with Crippen LogP contribution in [0.25, 0.3) is 0 Å². The summed E-state index contributed by atoms with van der Waals surface area (Å²) in [5.41, 5.74) is 0.933. The lowest BCUT2D eigenvalue weighted by Crippen LogP contribution is -2.42. The molecule has 1 saturated heterocycles. The zero-order valence-corrected chi connectivity index (χ0v) is 12.9. The van der Waals surface area contributed by atoms with E-state index in [2.05, 4.69) is 26.5 Å². The van der Waals surface area contributed by atoms with Crippen LogP contribution in [0.15, 0.2) is 24.3 Å². The highest BCUT2D eigenvalue weighted by atomic mass is 16.7. The number of aliphatic hydroxyl groups excluding tert-OH is 1. The van der Waals surface area contributed by atoms with Crippen LogP contribution < -0.4 is 0 Å². The van der Waals surface area contributed by atoms with Crippen molar-refractivity contribution in [3.63, 3.8) is 0 Å². The first-order valence-electron chi connectivity index (χ1n) is 6.97. The monoisotopic (exact) mass is 268 g/mol. The molecule has 19 heavy (non-hydrogen) atoms. The third-order valence-electron chi connectivity index (χ3n) is 3.76. The molecule has 1 rings (SSSR count). The van der Waals surface area contributed by atoms with Gasteiger partial charge in [0.25, 0.3) is 0 Å². The third kappa shape index (κ3) is 4.44. The Kier molecular flexibility index (Phi) is 5.36. The van der Waals surface area contributed by atoms with Crippen molar-refractivity contribution in [2.45, 2.75) is 65.5 Å². The summed E-state index contributed by atoms with van der Waals surface area (Å²) in [6.07, 6.45) is 4.92. The van der Waals surface area contributed by atoms with Gasteiger partial charge in [-0.1, -0.05) is 24.6 Å². The summed E-state index contributed by atoms with van der Waals surface area (Å²) in [4.78, 5) is 0. The molecule has 0 radical (unpaired) electrons. The molecule has 0 aromatic heterocycles. The lowest BCUT2D eigenvalue weighted by atomic mass is 9.77. The van der Waals surface area contributed by atoms with Crippen LogP contribution in [0.1, 0.15) is 47.5 Å². The first-order valence-corrected chi connectivity index (χ1v) is 6.97. The normalized spacial score (nSPS) is 26.5. The van der Waals surface area contributed by atoms with Gasteiger partial charge in [-0.25, -0.2) is 0 Å². The van der Waals surface area contributed by atoms with E-state index in [0.29, 0.717) is 6.61 Å². The van der Waals surface area contributed by atoms with Crippen LogP contribution in [0.2, 0.25) is 0 Å². The average Bonchev–Trinajstić information content (AvgIpc) is 2.68. The molecule has 0 spiro atoms. The van der Waals surface area contributed by atoms with E-state index in [1.54, 1.807) is 0 Å². The highest BCUT2D eigenvalue weighted by Crippen LogP contribution is 2.36. The van der Waals surface area contributed by atoms with E-state index in [9.17, 15) is 5.11 Å². The Morgan fingerprint density at radius 2 is 2.16 bits per heavy atom. The molecule has 1 heterocycles. The van der Waals surface area contributed by atoms with Crippen molar-refractivity contribution in [2.24, 2.45) is 5.41 Å². The summed E-state index contributed by atoms with van der Waals surface area (Å²) in [6.45, 7) is 14.2. The van der Waals surface area contributed by atoms with E-state index < -0.39 is 11.9 Å². The molecule has 3 atom stereocenters. The highest BCUT2D eigenvalue weighted by Gasteiger charge is 2.43. The van der Waals surface area contributed by atoms with E-state index in [1.807, 2.05) is 26.8 Å². The number of ether oxygens (including phenoxy) is 2. The second-order valence-electron chi connectivity index (χ2n) is 6.34. The van der Waals surface area contributed by atoms with E-state index in [-0.39, 0.29) is 11.5 Å². The van der Waals surface area contributed by atoms with Gasteiger partial charge in [-0.3, -0.25) is 0 Å². The van der Waals surface area contributed by atoms with Gasteiger partial charge in [0.15, 0.2) is 5.79 Å². The molecule has 1 aliphatic heterocycles. The molecule has 0 saturated carbocycles. The van der Waals surface area contributed by atoms with Crippen molar-refractivity contribution in [1.29, 1.82) is 0 Å². The molecule has 0 amide bonds. The number of aliphatic hydroxyl groups is 1. The van der Waals surface area contributed by atoms with Gasteiger partial charge in [0.1, 0.15) is 6.10 Å². The maximum atomic E-state index is 10.6. The fourth-order valence-electron chi connectivity index (χ4n) is 2.34. The van der Waals surface area contributed by atoms with Gasteiger partial charge in [0.05, 0.1) is 12.7 Å². The van der Waals surface area contributed by atoms with Gasteiger partial charge < -0.3 is 14.6 Å². The Hall–Kier alpha value is -0.640. The zero-order chi connectivity index (χ0) is 14.7. The molecular weight excluding hydrogens is 240 g/mol. The predicted molar refractivity (Wildman–Crippen MR) is 77.9 cm³/mol. The van der Waals surface area contributed by atoms with Crippen molar-refractivity contribution in [1.82, 2.24) is 0 Å². The third-order valence-corrected chi connectivity index (χ3v) is 3.76. The molecule has 0 aromatic rings. The van der Waals surface area contributed by atoms with Crippen LogP contribution in [0, 0.1) is 5.41 Å². The average molecular weight is 268 g/mol. The van der Waals surface area contributed by atoms with Crippen molar-refractivity contribution in [3.8, 4) is 0 Å². The van der Waals surface area contributed by atoms with Gasteiger partial charge in [-0.15, -0.1) is 6.58 Å². The molecule has 1 fully saturated rings. The number of hydrogen-bond acceptors (Lipinski definition) is 3. The van der Waals surface area contributed by atoms with Crippen LogP contribution in [0.3, 0.4) is 0 Å². The second kappa shape index (κ2) is 6.21. The van der Waals surface area contributed by atoms with E-state index in [0.717, 1.165) is 12.8 Å². The topological polar surface area (TPSA) is 38.7 Å². The van der Waals surface area contributed by atoms with Crippen LogP contribution in [0.4, 0.5) is 0 Å².